The summed E-state index contributed by atoms with van der Waals surface area (Å²) in [4.78, 5) is 16.7. The molecule has 2 atom stereocenters. The van der Waals surface area contributed by atoms with Crippen LogP contribution in [0.15, 0.2) is 47.3 Å². The summed E-state index contributed by atoms with van der Waals surface area (Å²) in [6.07, 6.45) is 8.37. The van der Waals surface area contributed by atoms with E-state index in [0.717, 1.165) is 70.8 Å². The van der Waals surface area contributed by atoms with Gasteiger partial charge in [0.2, 0.25) is 0 Å². The number of rotatable bonds is 4. The summed E-state index contributed by atoms with van der Waals surface area (Å²) in [7, 11) is 0. The summed E-state index contributed by atoms with van der Waals surface area (Å²) in [5.41, 5.74) is 2.78. The quantitative estimate of drug-likeness (QED) is 0.425. The van der Waals surface area contributed by atoms with E-state index in [1.807, 2.05) is 35.3 Å². The number of morpholine rings is 1. The molecule has 2 fully saturated rings. The minimum atomic E-state index is 0.631. The van der Waals surface area contributed by atoms with Crippen LogP contribution in [-0.4, -0.2) is 62.0 Å². The molecule has 3 aromatic heterocycles. The second kappa shape index (κ2) is 8.50. The number of benzene rings is 1. The summed E-state index contributed by atoms with van der Waals surface area (Å²) in [5, 5.41) is 6.72. The summed E-state index contributed by atoms with van der Waals surface area (Å²) >= 11 is 3.59. The van der Waals surface area contributed by atoms with E-state index in [4.69, 9.17) is 14.8 Å². The number of fused-ring (bicyclic) bond motifs is 2. The van der Waals surface area contributed by atoms with Gasteiger partial charge in [-0.15, -0.1) is 0 Å². The second-order valence-electron chi connectivity index (χ2n) is 8.79. The van der Waals surface area contributed by atoms with E-state index in [-0.39, 0.29) is 0 Å². The van der Waals surface area contributed by atoms with Gasteiger partial charge in [-0.25, -0.2) is 14.6 Å². The monoisotopic (exact) mass is 492 g/mol. The van der Waals surface area contributed by atoms with Crippen LogP contribution in [0.2, 0.25) is 0 Å². The van der Waals surface area contributed by atoms with Gasteiger partial charge in [-0.05, 0) is 65.4 Å². The second-order valence-corrected chi connectivity index (χ2v) is 9.54. The van der Waals surface area contributed by atoms with Crippen LogP contribution in [0.3, 0.4) is 0 Å². The molecule has 164 valence electrons. The van der Waals surface area contributed by atoms with Gasteiger partial charge in [0.1, 0.15) is 10.4 Å². The predicted octanol–water partition coefficient (Wildman–Crippen LogP) is 4.17. The van der Waals surface area contributed by atoms with Gasteiger partial charge in [0.15, 0.2) is 5.65 Å². The Balaban J connectivity index is 1.27. The summed E-state index contributed by atoms with van der Waals surface area (Å²) in [5.74, 6) is 1.54. The van der Waals surface area contributed by atoms with Crippen molar-refractivity contribution in [2.75, 3.05) is 26.3 Å². The average Bonchev–Trinajstić information content (AvgIpc) is 3.44. The number of aromatic nitrogens is 5. The highest BCUT2D eigenvalue weighted by Gasteiger charge is 2.30. The molecule has 0 spiro atoms. The van der Waals surface area contributed by atoms with Gasteiger partial charge in [-0.1, -0.05) is 6.07 Å². The number of pyridine rings is 1. The molecule has 0 radical (unpaired) electrons. The number of nitrogens with zero attached hydrogens (tertiary/aromatic N) is 6. The fourth-order valence-corrected chi connectivity index (χ4v) is 5.58. The third-order valence-corrected chi connectivity index (χ3v) is 7.39. The Kier molecular flexibility index (Phi) is 5.37. The molecule has 1 saturated heterocycles. The molecule has 4 heterocycles. The molecule has 32 heavy (non-hydrogen) atoms. The number of hydrogen-bond donors (Lipinski definition) is 0. The normalized spacial score (nSPS) is 22.2. The van der Waals surface area contributed by atoms with Crippen molar-refractivity contribution >= 4 is 37.9 Å². The van der Waals surface area contributed by atoms with E-state index in [1.54, 1.807) is 0 Å². The molecule has 1 aromatic carbocycles. The summed E-state index contributed by atoms with van der Waals surface area (Å²) < 4.78 is 8.19. The SMILES string of the molecule is Brc1nn(-c2ccc3ncccc3c2)c2nc(C[C@@H]3CCC(N4CCOCC4)C3)ncc12. The maximum atomic E-state index is 5.52. The fourth-order valence-electron chi connectivity index (χ4n) is 5.14. The fraction of sp³-hybridized carbons (Fsp3) is 0.417. The van der Waals surface area contributed by atoms with Crippen LogP contribution in [0.25, 0.3) is 27.6 Å². The maximum absolute atomic E-state index is 5.52. The van der Waals surface area contributed by atoms with Crippen molar-refractivity contribution in [1.29, 1.82) is 0 Å². The van der Waals surface area contributed by atoms with Crippen molar-refractivity contribution in [3.63, 3.8) is 0 Å². The zero-order valence-corrected chi connectivity index (χ0v) is 19.4. The molecular weight excluding hydrogens is 468 g/mol. The first kappa shape index (κ1) is 20.2. The van der Waals surface area contributed by atoms with Crippen molar-refractivity contribution in [3.05, 3.63) is 53.2 Å². The van der Waals surface area contributed by atoms with E-state index < -0.39 is 0 Å². The van der Waals surface area contributed by atoms with Gasteiger partial charge >= 0.3 is 0 Å². The minimum Gasteiger partial charge on any atom is -0.379 e. The zero-order valence-electron chi connectivity index (χ0n) is 17.8. The Bertz CT molecular complexity index is 1270. The largest absolute Gasteiger partial charge is 0.379 e. The average molecular weight is 493 g/mol. The molecule has 0 N–H and O–H groups in total. The highest BCUT2D eigenvalue weighted by Crippen LogP contribution is 2.32. The number of ether oxygens (including phenoxy) is 1. The van der Waals surface area contributed by atoms with Crippen LogP contribution in [-0.2, 0) is 11.2 Å². The third-order valence-electron chi connectivity index (χ3n) is 6.81. The Morgan fingerprint density at radius 3 is 2.91 bits per heavy atom. The highest BCUT2D eigenvalue weighted by atomic mass is 79.9. The Morgan fingerprint density at radius 1 is 1.09 bits per heavy atom. The Morgan fingerprint density at radius 2 is 2.00 bits per heavy atom. The van der Waals surface area contributed by atoms with Gasteiger partial charge in [0, 0.05) is 43.3 Å². The van der Waals surface area contributed by atoms with E-state index in [0.29, 0.717) is 12.0 Å². The van der Waals surface area contributed by atoms with E-state index in [1.165, 1.54) is 19.3 Å². The van der Waals surface area contributed by atoms with Gasteiger partial charge in [-0.3, -0.25) is 9.88 Å². The first-order chi connectivity index (χ1) is 15.7. The molecule has 1 saturated carbocycles. The van der Waals surface area contributed by atoms with E-state index >= 15 is 0 Å². The molecule has 1 unspecified atom stereocenters. The zero-order chi connectivity index (χ0) is 21.5. The summed E-state index contributed by atoms with van der Waals surface area (Å²) in [6.45, 7) is 3.86. The van der Waals surface area contributed by atoms with Crippen LogP contribution in [0.4, 0.5) is 0 Å². The highest BCUT2D eigenvalue weighted by molar-refractivity contribution is 9.10. The molecule has 7 nitrogen and oxygen atoms in total. The van der Waals surface area contributed by atoms with Crippen LogP contribution in [0.1, 0.15) is 25.1 Å². The lowest BCUT2D eigenvalue weighted by Crippen LogP contribution is -2.42. The third kappa shape index (κ3) is 3.80. The number of halogens is 1. The van der Waals surface area contributed by atoms with Gasteiger partial charge in [-0.2, -0.15) is 5.10 Å². The minimum absolute atomic E-state index is 0.631. The first-order valence-corrected chi connectivity index (χ1v) is 12.1. The molecule has 8 heteroatoms. The molecule has 4 aromatic rings. The first-order valence-electron chi connectivity index (χ1n) is 11.3. The molecule has 0 bridgehead atoms. The molecule has 2 aliphatic rings. The molecular formula is C24H25BrN6O. The molecule has 0 amide bonds. The lowest BCUT2D eigenvalue weighted by atomic mass is 10.0. The van der Waals surface area contributed by atoms with Crippen LogP contribution >= 0.6 is 15.9 Å². The van der Waals surface area contributed by atoms with E-state index in [9.17, 15) is 0 Å². The van der Waals surface area contributed by atoms with Crippen molar-refractivity contribution in [2.45, 2.75) is 31.7 Å². The predicted molar refractivity (Wildman–Crippen MR) is 127 cm³/mol. The van der Waals surface area contributed by atoms with Crippen LogP contribution < -0.4 is 0 Å². The smallest absolute Gasteiger partial charge is 0.167 e. The molecule has 6 rings (SSSR count). The van der Waals surface area contributed by atoms with Crippen molar-refractivity contribution in [1.82, 2.24) is 29.6 Å². The van der Waals surface area contributed by atoms with Crippen LogP contribution in [0, 0.1) is 5.92 Å². The summed E-state index contributed by atoms with van der Waals surface area (Å²) in [6, 6.07) is 10.9. The lowest BCUT2D eigenvalue weighted by molar-refractivity contribution is 0.0172. The lowest BCUT2D eigenvalue weighted by Gasteiger charge is -2.32. The van der Waals surface area contributed by atoms with Gasteiger partial charge in [0.25, 0.3) is 0 Å². The number of hydrogen-bond acceptors (Lipinski definition) is 6. The standard InChI is InChI=1S/C24H25BrN6O/c25-23-20-15-27-22(13-16-3-4-18(12-16)30-8-10-32-11-9-30)28-24(20)31(29-23)19-5-6-21-17(14-19)2-1-7-26-21/h1-2,5-7,14-16,18H,3-4,8-13H2/t16-,18?/m1/s1. The molecule has 1 aliphatic carbocycles. The topological polar surface area (TPSA) is 69.0 Å². The van der Waals surface area contributed by atoms with Crippen LogP contribution in [0.5, 0.6) is 0 Å². The molecule has 1 aliphatic heterocycles. The Hall–Kier alpha value is -2.42. The van der Waals surface area contributed by atoms with Crippen molar-refractivity contribution < 1.29 is 4.74 Å². The maximum Gasteiger partial charge on any atom is 0.167 e. The van der Waals surface area contributed by atoms with Crippen molar-refractivity contribution in [3.8, 4) is 5.69 Å². The van der Waals surface area contributed by atoms with Gasteiger partial charge < -0.3 is 4.74 Å². The van der Waals surface area contributed by atoms with Gasteiger partial charge in [0.05, 0.1) is 29.8 Å². The van der Waals surface area contributed by atoms with E-state index in [2.05, 4.69) is 42.9 Å². The van der Waals surface area contributed by atoms with Crippen molar-refractivity contribution in [2.24, 2.45) is 5.92 Å². The Labute approximate surface area is 194 Å².